The molecule has 0 saturated carbocycles. The maximum absolute atomic E-state index is 13.8. The number of hydrogen-bond acceptors (Lipinski definition) is 3. The van der Waals surface area contributed by atoms with Gasteiger partial charge < -0.3 is 15.0 Å². The molecule has 1 N–H and O–H groups in total. The molecule has 0 aromatic heterocycles. The Morgan fingerprint density at radius 2 is 1.83 bits per heavy atom. The van der Waals surface area contributed by atoms with Crippen LogP contribution in [0.3, 0.4) is 0 Å². The van der Waals surface area contributed by atoms with Gasteiger partial charge in [0.2, 0.25) is 0 Å². The van der Waals surface area contributed by atoms with Crippen molar-refractivity contribution in [2.75, 3.05) is 21.2 Å². The van der Waals surface area contributed by atoms with Gasteiger partial charge in [0, 0.05) is 24.7 Å². The molecule has 2 aromatic carbocycles. The summed E-state index contributed by atoms with van der Waals surface area (Å²) >= 11 is 0. The minimum atomic E-state index is -0.376. The van der Waals surface area contributed by atoms with Crippen molar-refractivity contribution in [2.45, 2.75) is 26.1 Å². The molecule has 24 heavy (non-hydrogen) atoms. The fourth-order valence-electron chi connectivity index (χ4n) is 2.54. The Morgan fingerprint density at radius 1 is 1.08 bits per heavy atom. The maximum Gasteiger partial charge on any atom is 0.165 e. The fraction of sp³-hybridized carbons (Fsp3) is 0.368. The summed E-state index contributed by atoms with van der Waals surface area (Å²) in [4.78, 5) is 1.93. The van der Waals surface area contributed by atoms with Crippen LogP contribution in [0.1, 0.15) is 29.7 Å². The van der Waals surface area contributed by atoms with E-state index in [1.165, 1.54) is 19.2 Å². The van der Waals surface area contributed by atoms with E-state index in [1.807, 2.05) is 38.1 Å². The van der Waals surface area contributed by atoms with Crippen molar-refractivity contribution in [3.63, 3.8) is 0 Å². The van der Waals surface area contributed by atoms with Gasteiger partial charge in [0.05, 0.1) is 7.11 Å². The number of halogens is 2. The molecule has 0 aliphatic heterocycles. The second-order valence-electron chi connectivity index (χ2n) is 6.16. The average Bonchev–Trinajstić information content (AvgIpc) is 2.54. The number of hydrogen-bond donors (Lipinski definition) is 1. The van der Waals surface area contributed by atoms with Crippen LogP contribution in [0.15, 0.2) is 36.4 Å². The standard InChI is InChI=1S/C19H24F2N2O/c1-13(15-6-8-19(24-4)18(21)10-15)22-11-14-5-7-17(20)16(9-14)12-23(2)3/h5-10,13,22H,11-12H2,1-4H3/t13-/m0/s1. The number of ether oxygens (including phenoxy) is 1. The molecule has 5 heteroatoms. The Kier molecular flexibility index (Phi) is 6.29. The number of methoxy groups -OCH3 is 1. The first kappa shape index (κ1) is 18.4. The summed E-state index contributed by atoms with van der Waals surface area (Å²) in [7, 11) is 5.26. The Hall–Kier alpha value is -1.98. The molecule has 2 rings (SSSR count). The zero-order valence-corrected chi connectivity index (χ0v) is 14.6. The van der Waals surface area contributed by atoms with Crippen molar-refractivity contribution in [1.82, 2.24) is 10.2 Å². The first-order chi connectivity index (χ1) is 11.4. The van der Waals surface area contributed by atoms with Gasteiger partial charge in [-0.05, 0) is 50.3 Å². The van der Waals surface area contributed by atoms with Crippen LogP contribution in [0.5, 0.6) is 5.75 Å². The van der Waals surface area contributed by atoms with Crippen molar-refractivity contribution in [2.24, 2.45) is 0 Å². The Morgan fingerprint density at radius 3 is 2.46 bits per heavy atom. The van der Waals surface area contributed by atoms with E-state index in [0.29, 0.717) is 18.7 Å². The molecule has 0 fully saturated rings. The van der Waals surface area contributed by atoms with Gasteiger partial charge in [-0.2, -0.15) is 0 Å². The highest BCUT2D eigenvalue weighted by Crippen LogP contribution is 2.22. The highest BCUT2D eigenvalue weighted by molar-refractivity contribution is 5.31. The number of benzene rings is 2. The lowest BCUT2D eigenvalue weighted by molar-refractivity contribution is 0.385. The molecule has 2 aromatic rings. The van der Waals surface area contributed by atoms with Crippen LogP contribution in [-0.2, 0) is 13.1 Å². The van der Waals surface area contributed by atoms with Crippen LogP contribution in [0.25, 0.3) is 0 Å². The number of rotatable bonds is 7. The first-order valence-electron chi connectivity index (χ1n) is 7.89. The van der Waals surface area contributed by atoms with E-state index in [2.05, 4.69) is 5.32 Å². The Labute approximate surface area is 142 Å². The highest BCUT2D eigenvalue weighted by atomic mass is 19.1. The highest BCUT2D eigenvalue weighted by Gasteiger charge is 2.10. The van der Waals surface area contributed by atoms with Gasteiger partial charge in [0.25, 0.3) is 0 Å². The van der Waals surface area contributed by atoms with Crippen LogP contribution in [0.2, 0.25) is 0 Å². The van der Waals surface area contributed by atoms with Gasteiger partial charge in [-0.25, -0.2) is 8.78 Å². The summed E-state index contributed by atoms with van der Waals surface area (Å²) in [5.74, 6) is -0.339. The minimum absolute atomic E-state index is 0.0345. The molecule has 0 unspecified atom stereocenters. The zero-order valence-electron chi connectivity index (χ0n) is 14.6. The van der Waals surface area contributed by atoms with Gasteiger partial charge in [-0.1, -0.05) is 18.2 Å². The average molecular weight is 334 g/mol. The summed E-state index contributed by atoms with van der Waals surface area (Å²) in [5, 5.41) is 3.34. The summed E-state index contributed by atoms with van der Waals surface area (Å²) in [6.07, 6.45) is 0. The van der Waals surface area contributed by atoms with Crippen LogP contribution in [0.4, 0.5) is 8.78 Å². The van der Waals surface area contributed by atoms with Crippen LogP contribution >= 0.6 is 0 Å². The molecule has 0 saturated heterocycles. The molecule has 0 amide bonds. The molecule has 0 spiro atoms. The van der Waals surface area contributed by atoms with E-state index in [9.17, 15) is 8.78 Å². The van der Waals surface area contributed by atoms with Crippen LogP contribution < -0.4 is 10.1 Å². The molecule has 1 atom stereocenters. The molecule has 0 aliphatic rings. The predicted octanol–water partition coefficient (Wildman–Crippen LogP) is 3.89. The van der Waals surface area contributed by atoms with Crippen molar-refractivity contribution in [1.29, 1.82) is 0 Å². The van der Waals surface area contributed by atoms with Crippen molar-refractivity contribution in [3.05, 3.63) is 64.7 Å². The molecule has 0 bridgehead atoms. The summed E-state index contributed by atoms with van der Waals surface area (Å²) in [6.45, 7) is 3.10. The molecular formula is C19H24F2N2O. The lowest BCUT2D eigenvalue weighted by Gasteiger charge is -2.16. The molecular weight excluding hydrogens is 310 g/mol. The second kappa shape index (κ2) is 8.22. The molecule has 3 nitrogen and oxygen atoms in total. The number of nitrogens with one attached hydrogen (secondary N) is 1. The van der Waals surface area contributed by atoms with E-state index < -0.39 is 0 Å². The predicted molar refractivity (Wildman–Crippen MR) is 92.0 cm³/mol. The third kappa shape index (κ3) is 4.76. The molecule has 130 valence electrons. The monoisotopic (exact) mass is 334 g/mol. The maximum atomic E-state index is 13.8. The van der Waals surface area contributed by atoms with Gasteiger partial charge in [0.1, 0.15) is 5.82 Å². The molecule has 0 radical (unpaired) electrons. The third-order valence-corrected chi connectivity index (χ3v) is 3.88. The first-order valence-corrected chi connectivity index (χ1v) is 7.89. The summed E-state index contributed by atoms with van der Waals surface area (Å²) < 4.78 is 32.5. The lowest BCUT2D eigenvalue weighted by Crippen LogP contribution is -2.19. The fourth-order valence-corrected chi connectivity index (χ4v) is 2.54. The zero-order chi connectivity index (χ0) is 17.7. The van der Waals surface area contributed by atoms with Crippen LogP contribution in [0, 0.1) is 11.6 Å². The van der Waals surface area contributed by atoms with E-state index in [4.69, 9.17) is 4.74 Å². The second-order valence-corrected chi connectivity index (χ2v) is 6.16. The Balaban J connectivity index is 2.03. The van der Waals surface area contributed by atoms with Gasteiger partial charge in [-0.15, -0.1) is 0 Å². The topological polar surface area (TPSA) is 24.5 Å². The smallest absolute Gasteiger partial charge is 0.165 e. The largest absolute Gasteiger partial charge is 0.494 e. The lowest BCUT2D eigenvalue weighted by atomic mass is 10.1. The van der Waals surface area contributed by atoms with Crippen molar-refractivity contribution >= 4 is 0 Å². The van der Waals surface area contributed by atoms with Crippen molar-refractivity contribution in [3.8, 4) is 5.75 Å². The van der Waals surface area contributed by atoms with Gasteiger partial charge in [0.15, 0.2) is 11.6 Å². The number of nitrogens with zero attached hydrogens (tertiary/aromatic N) is 1. The normalized spacial score (nSPS) is 12.5. The third-order valence-electron chi connectivity index (χ3n) is 3.88. The summed E-state index contributed by atoms with van der Waals surface area (Å²) in [5.41, 5.74) is 2.50. The Bertz CT molecular complexity index is 689. The van der Waals surface area contributed by atoms with Crippen LogP contribution in [-0.4, -0.2) is 26.1 Å². The van der Waals surface area contributed by atoms with E-state index in [0.717, 1.165) is 11.1 Å². The quantitative estimate of drug-likeness (QED) is 0.831. The van der Waals surface area contributed by atoms with Gasteiger partial charge >= 0.3 is 0 Å². The van der Waals surface area contributed by atoms with E-state index in [1.54, 1.807) is 12.1 Å². The minimum Gasteiger partial charge on any atom is -0.494 e. The molecule has 0 heterocycles. The molecule has 0 aliphatic carbocycles. The van der Waals surface area contributed by atoms with E-state index in [-0.39, 0.29) is 23.4 Å². The van der Waals surface area contributed by atoms with Gasteiger partial charge in [-0.3, -0.25) is 0 Å². The SMILES string of the molecule is COc1ccc([C@H](C)NCc2ccc(F)c(CN(C)C)c2)cc1F. The van der Waals surface area contributed by atoms with Crippen molar-refractivity contribution < 1.29 is 13.5 Å². The van der Waals surface area contributed by atoms with E-state index >= 15 is 0 Å². The summed E-state index contributed by atoms with van der Waals surface area (Å²) in [6, 6.07) is 10.0.